The molecule has 0 aromatic rings. The van der Waals surface area contributed by atoms with Crippen LogP contribution < -0.4 is 10.9 Å². The second-order valence-corrected chi connectivity index (χ2v) is 14.5. The van der Waals surface area contributed by atoms with Crippen LogP contribution in [0.15, 0.2) is 10.2 Å². The summed E-state index contributed by atoms with van der Waals surface area (Å²) in [5, 5.41) is 151. The second kappa shape index (κ2) is 18.6. The highest BCUT2D eigenvalue weighted by Gasteiger charge is 2.57. The van der Waals surface area contributed by atoms with E-state index in [-0.39, 0.29) is 0 Å². The van der Waals surface area contributed by atoms with Crippen LogP contribution in [-0.4, -0.2) is 266 Å². The molecule has 6 rings (SSSR count). The molecule has 60 heavy (non-hydrogen) atoms. The number of nitrogens with zero attached hydrogens (tertiary/aromatic N) is 4. The average molecular weight is 875 g/mol. The van der Waals surface area contributed by atoms with E-state index in [1.54, 1.807) is 0 Å². The Morgan fingerprint density at radius 2 is 0.783 bits per heavy atom. The predicted molar refractivity (Wildman–Crippen MR) is 175 cm³/mol. The SMILES string of the molecule is O=C1NN(C2O[C@H](CO)[C@@H](OC3O[C@H](CO)[C@H](O)[C@H](O)[C@H]3O)[C@H](O)[C@H]2O)C(=O)C1N=NC1C(=O)NN(C2O[C@H](CO)[C@@H](OC3O[C@H](CO)[C@H](O)[C@H](O)[C@H]3O)[C@H](O)[C@H]2O)C1=O. The summed E-state index contributed by atoms with van der Waals surface area (Å²) >= 11 is 0. The van der Waals surface area contributed by atoms with Gasteiger partial charge in [0.1, 0.15) is 97.7 Å². The lowest BCUT2D eigenvalue weighted by Gasteiger charge is -2.47. The lowest BCUT2D eigenvalue weighted by atomic mass is 9.96. The zero-order valence-electron chi connectivity index (χ0n) is 30.7. The van der Waals surface area contributed by atoms with E-state index in [0.29, 0.717) is 10.0 Å². The molecule has 6 aliphatic rings. The first-order chi connectivity index (χ1) is 28.4. The number of carbonyl (C=O) groups excluding carboxylic acids is 4. The number of azo groups is 1. The fraction of sp³-hybridized carbons (Fsp3) is 0.867. The van der Waals surface area contributed by atoms with Crippen molar-refractivity contribution in [1.29, 1.82) is 0 Å². The first-order valence-corrected chi connectivity index (χ1v) is 18.2. The van der Waals surface area contributed by atoms with Gasteiger partial charge in [0, 0.05) is 0 Å². The highest BCUT2D eigenvalue weighted by atomic mass is 16.7. The van der Waals surface area contributed by atoms with Gasteiger partial charge in [0.2, 0.25) is 12.1 Å². The van der Waals surface area contributed by atoms with Gasteiger partial charge < -0.3 is 99.9 Å². The van der Waals surface area contributed by atoms with E-state index >= 15 is 0 Å². The van der Waals surface area contributed by atoms with Gasteiger partial charge in [0.15, 0.2) is 25.0 Å². The summed E-state index contributed by atoms with van der Waals surface area (Å²) in [7, 11) is 0. The van der Waals surface area contributed by atoms with Crippen molar-refractivity contribution >= 4 is 23.6 Å². The maximum Gasteiger partial charge on any atom is 0.280 e. The van der Waals surface area contributed by atoms with E-state index in [1.807, 2.05) is 10.9 Å². The van der Waals surface area contributed by atoms with Crippen molar-refractivity contribution in [2.75, 3.05) is 26.4 Å². The maximum atomic E-state index is 13.3. The van der Waals surface area contributed by atoms with Gasteiger partial charge in [0.25, 0.3) is 23.6 Å². The summed E-state index contributed by atoms with van der Waals surface area (Å²) in [4.78, 5) is 52.4. The van der Waals surface area contributed by atoms with E-state index in [1.165, 1.54) is 0 Å². The summed E-state index contributed by atoms with van der Waals surface area (Å²) in [5.74, 6) is -5.14. The van der Waals surface area contributed by atoms with E-state index in [9.17, 15) is 90.7 Å². The summed E-state index contributed by atoms with van der Waals surface area (Å²) in [5.41, 5.74) is 4.03. The smallest absolute Gasteiger partial charge is 0.280 e. The van der Waals surface area contributed by atoms with Gasteiger partial charge in [-0.1, -0.05) is 0 Å². The van der Waals surface area contributed by atoms with Crippen LogP contribution in [0, 0.1) is 0 Å². The minimum atomic E-state index is -2.15. The van der Waals surface area contributed by atoms with E-state index in [0.717, 1.165) is 0 Å². The number of hydrazine groups is 2. The van der Waals surface area contributed by atoms with Crippen molar-refractivity contribution in [2.24, 2.45) is 10.2 Å². The lowest BCUT2D eigenvalue weighted by molar-refractivity contribution is -0.348. The average Bonchev–Trinajstić information content (AvgIpc) is 3.68. The van der Waals surface area contributed by atoms with Gasteiger partial charge >= 0.3 is 0 Å². The zero-order valence-corrected chi connectivity index (χ0v) is 30.7. The highest BCUT2D eigenvalue weighted by molar-refractivity contribution is 6.10. The Morgan fingerprint density at radius 3 is 1.10 bits per heavy atom. The minimum Gasteiger partial charge on any atom is -0.394 e. The standard InChI is InChI=1S/C30H46N6O24/c37-1-5-11(41)13(43)19(49)29(57-5)59-21-7(3-39)55-27(17(47)15(21)45)35-25(53)9(23(51)33-35)31-32-10-24(52)34-36(26(10)54)28-18(48)16(46)22(8(4-40)56-28)60-30-20(50)14(44)12(42)6(2-38)58-30/h5-22,27-30,37-50H,1-4H2,(H,33,51)(H,34,52)/t5-,6-,7-,8-,9?,10?,11+,12+,13+,14+,15-,16-,17-,18-,19-,20-,21-,22-,27?,28?,29?,30?/m1/s1. The van der Waals surface area contributed by atoms with Crippen LogP contribution in [0.5, 0.6) is 0 Å². The Morgan fingerprint density at radius 1 is 0.450 bits per heavy atom. The molecule has 0 aromatic heterocycles. The molecule has 0 spiro atoms. The summed E-state index contributed by atoms with van der Waals surface area (Å²) < 4.78 is 32.5. The second-order valence-electron chi connectivity index (χ2n) is 14.5. The molecule has 6 unspecified atom stereocenters. The van der Waals surface area contributed by atoms with Gasteiger partial charge in [-0.25, -0.2) is 10.0 Å². The molecule has 0 radical (unpaired) electrons. The molecule has 0 saturated carbocycles. The largest absolute Gasteiger partial charge is 0.394 e. The Hall–Kier alpha value is -3.32. The molecular formula is C30H46N6O24. The molecule has 6 aliphatic heterocycles. The molecule has 0 aromatic carbocycles. The normalized spacial score (nSPS) is 47.9. The van der Waals surface area contributed by atoms with Crippen LogP contribution in [0.1, 0.15) is 0 Å². The summed E-state index contributed by atoms with van der Waals surface area (Å²) in [6.45, 7) is -3.64. The van der Waals surface area contributed by atoms with Gasteiger partial charge in [0.05, 0.1) is 26.4 Å². The van der Waals surface area contributed by atoms with Gasteiger partial charge in [-0.2, -0.15) is 10.2 Å². The Labute approximate surface area is 335 Å². The van der Waals surface area contributed by atoms with Crippen LogP contribution in [0.2, 0.25) is 0 Å². The number of rotatable bonds is 12. The number of amides is 4. The van der Waals surface area contributed by atoms with E-state index < -0.39 is 185 Å². The molecular weight excluding hydrogens is 828 g/mol. The fourth-order valence-corrected chi connectivity index (χ4v) is 7.24. The molecule has 0 aliphatic carbocycles. The third-order valence-corrected chi connectivity index (χ3v) is 10.7. The van der Waals surface area contributed by atoms with E-state index in [4.69, 9.17) is 28.4 Å². The van der Waals surface area contributed by atoms with Gasteiger partial charge in [-0.15, -0.1) is 0 Å². The number of hydrogen-bond acceptors (Lipinski definition) is 26. The minimum absolute atomic E-state index is 0.362. The van der Waals surface area contributed by atoms with Crippen LogP contribution in [-0.2, 0) is 47.6 Å². The van der Waals surface area contributed by atoms with Crippen molar-refractivity contribution in [3.8, 4) is 0 Å². The topological polar surface area (TPSA) is 462 Å². The quantitative estimate of drug-likeness (QED) is 0.0639. The number of carbonyl (C=O) groups is 4. The molecule has 22 atom stereocenters. The monoisotopic (exact) mass is 874 g/mol. The van der Waals surface area contributed by atoms with Crippen LogP contribution in [0.3, 0.4) is 0 Å². The molecule has 16 N–H and O–H groups in total. The number of ether oxygens (including phenoxy) is 6. The number of nitrogens with one attached hydrogen (secondary N) is 2. The van der Waals surface area contributed by atoms with Crippen LogP contribution in [0.4, 0.5) is 0 Å². The van der Waals surface area contributed by atoms with Crippen LogP contribution >= 0.6 is 0 Å². The molecule has 6 fully saturated rings. The third-order valence-electron chi connectivity index (χ3n) is 10.7. The first-order valence-electron chi connectivity index (χ1n) is 18.2. The van der Waals surface area contributed by atoms with Crippen molar-refractivity contribution < 1.29 is 119 Å². The van der Waals surface area contributed by atoms with Gasteiger partial charge in [-0.05, 0) is 0 Å². The van der Waals surface area contributed by atoms with Gasteiger partial charge in [-0.3, -0.25) is 30.0 Å². The number of aliphatic hydroxyl groups is 14. The first kappa shape index (κ1) is 46.2. The van der Waals surface area contributed by atoms with Crippen molar-refractivity contribution in [3.63, 3.8) is 0 Å². The summed E-state index contributed by atoms with van der Waals surface area (Å²) in [6.07, 6.45) is -37.0. The molecule has 30 nitrogen and oxygen atoms in total. The van der Waals surface area contributed by atoms with Crippen LogP contribution in [0.25, 0.3) is 0 Å². The van der Waals surface area contributed by atoms with E-state index in [2.05, 4.69) is 10.2 Å². The summed E-state index contributed by atoms with van der Waals surface area (Å²) in [6, 6.07) is -4.30. The molecule has 0 bridgehead atoms. The fourth-order valence-electron chi connectivity index (χ4n) is 7.24. The zero-order chi connectivity index (χ0) is 44.1. The Balaban J connectivity index is 1.09. The Kier molecular flexibility index (Phi) is 14.3. The predicted octanol–water partition coefficient (Wildman–Crippen LogP) is -12.8. The van der Waals surface area contributed by atoms with Crippen molar-refractivity contribution in [1.82, 2.24) is 20.9 Å². The highest BCUT2D eigenvalue weighted by Crippen LogP contribution is 2.33. The molecule has 30 heteroatoms. The number of aliphatic hydroxyl groups excluding tert-OH is 14. The molecule has 6 saturated heterocycles. The lowest BCUT2D eigenvalue weighted by Crippen LogP contribution is -2.67. The van der Waals surface area contributed by atoms with Crippen molar-refractivity contribution in [3.05, 3.63) is 0 Å². The number of hydrogen-bond donors (Lipinski definition) is 16. The molecule has 6 heterocycles. The molecule has 340 valence electrons. The molecule has 4 amide bonds. The van der Waals surface area contributed by atoms with Crippen molar-refractivity contribution in [2.45, 2.75) is 135 Å². The Bertz CT molecular complexity index is 1480. The maximum absolute atomic E-state index is 13.3. The third kappa shape index (κ3) is 8.31.